The Morgan fingerprint density at radius 2 is 1.85 bits per heavy atom. The van der Waals surface area contributed by atoms with Crippen LogP contribution in [-0.2, 0) is 14.2 Å². The Morgan fingerprint density at radius 3 is 2.46 bits per heavy atom. The predicted molar refractivity (Wildman–Crippen MR) is 46.4 cm³/mol. The van der Waals surface area contributed by atoms with Gasteiger partial charge in [-0.1, -0.05) is 0 Å². The van der Waals surface area contributed by atoms with Gasteiger partial charge >= 0.3 is 0 Å². The minimum atomic E-state index is -0.893. The first-order valence-corrected chi connectivity index (χ1v) is 4.28. The zero-order chi connectivity index (χ0) is 9.94. The number of hydrogen-bond donors (Lipinski definition) is 2. The highest BCUT2D eigenvalue weighted by molar-refractivity contribution is 4.39. The standard InChI is InChI=1S/C8H18O5/c1-11-4-5-12-6-7-13-8(10)2-3-9/h8-10H,2-7H2,1H3. The van der Waals surface area contributed by atoms with E-state index in [2.05, 4.69) is 0 Å². The molecule has 0 aliphatic heterocycles. The Hall–Kier alpha value is -0.200. The monoisotopic (exact) mass is 194 g/mol. The van der Waals surface area contributed by atoms with E-state index in [4.69, 9.17) is 24.4 Å². The first kappa shape index (κ1) is 12.8. The van der Waals surface area contributed by atoms with Gasteiger partial charge in [-0.15, -0.1) is 0 Å². The zero-order valence-electron chi connectivity index (χ0n) is 7.94. The fraction of sp³-hybridized carbons (Fsp3) is 1.00. The van der Waals surface area contributed by atoms with Gasteiger partial charge in [-0.2, -0.15) is 0 Å². The summed E-state index contributed by atoms with van der Waals surface area (Å²) >= 11 is 0. The van der Waals surface area contributed by atoms with E-state index in [1.54, 1.807) is 7.11 Å². The van der Waals surface area contributed by atoms with Crippen LogP contribution in [0.25, 0.3) is 0 Å². The summed E-state index contributed by atoms with van der Waals surface area (Å²) in [4.78, 5) is 0. The molecule has 1 atom stereocenters. The molecule has 2 N–H and O–H groups in total. The summed E-state index contributed by atoms with van der Waals surface area (Å²) in [6.07, 6.45) is -0.658. The van der Waals surface area contributed by atoms with Crippen LogP contribution in [0.3, 0.4) is 0 Å². The van der Waals surface area contributed by atoms with E-state index in [-0.39, 0.29) is 13.0 Å². The highest BCUT2D eigenvalue weighted by atomic mass is 16.6. The average Bonchev–Trinajstić information content (AvgIpc) is 2.11. The molecule has 0 aliphatic rings. The third-order valence-corrected chi connectivity index (χ3v) is 1.35. The molecule has 0 bridgehead atoms. The lowest BCUT2D eigenvalue weighted by Crippen LogP contribution is -2.17. The largest absolute Gasteiger partial charge is 0.396 e. The van der Waals surface area contributed by atoms with Crippen LogP contribution in [0.15, 0.2) is 0 Å². The van der Waals surface area contributed by atoms with Crippen molar-refractivity contribution in [2.75, 3.05) is 40.1 Å². The van der Waals surface area contributed by atoms with Crippen LogP contribution >= 0.6 is 0 Å². The Labute approximate surface area is 78.2 Å². The molecule has 0 amide bonds. The van der Waals surface area contributed by atoms with E-state index in [1.807, 2.05) is 0 Å². The van der Waals surface area contributed by atoms with Crippen molar-refractivity contribution in [1.29, 1.82) is 0 Å². The van der Waals surface area contributed by atoms with E-state index < -0.39 is 6.29 Å². The summed E-state index contributed by atoms with van der Waals surface area (Å²) < 4.78 is 14.7. The quantitative estimate of drug-likeness (QED) is 0.378. The van der Waals surface area contributed by atoms with E-state index in [0.717, 1.165) is 0 Å². The second-order valence-electron chi connectivity index (χ2n) is 2.44. The summed E-state index contributed by atoms with van der Waals surface area (Å²) in [5.74, 6) is 0. The van der Waals surface area contributed by atoms with Crippen molar-refractivity contribution >= 4 is 0 Å². The SMILES string of the molecule is COCCOCCOC(O)CCO. The lowest BCUT2D eigenvalue weighted by Gasteiger charge is -2.10. The minimum Gasteiger partial charge on any atom is -0.396 e. The molecule has 13 heavy (non-hydrogen) atoms. The Balaban J connectivity index is 2.97. The number of aliphatic hydroxyl groups is 2. The van der Waals surface area contributed by atoms with Gasteiger partial charge in [-0.3, -0.25) is 0 Å². The van der Waals surface area contributed by atoms with Crippen LogP contribution in [0.5, 0.6) is 0 Å². The van der Waals surface area contributed by atoms with Gasteiger partial charge in [-0.05, 0) is 0 Å². The number of aliphatic hydroxyl groups excluding tert-OH is 2. The summed E-state index contributed by atoms with van der Waals surface area (Å²) in [6, 6.07) is 0. The maximum atomic E-state index is 8.99. The predicted octanol–water partition coefficient (Wildman–Crippen LogP) is -0.633. The topological polar surface area (TPSA) is 68.2 Å². The van der Waals surface area contributed by atoms with Crippen molar-refractivity contribution in [1.82, 2.24) is 0 Å². The van der Waals surface area contributed by atoms with Crippen molar-refractivity contribution < 1.29 is 24.4 Å². The van der Waals surface area contributed by atoms with Gasteiger partial charge in [0, 0.05) is 20.1 Å². The summed E-state index contributed by atoms with van der Waals surface area (Å²) in [5, 5.41) is 17.4. The molecule has 0 saturated heterocycles. The number of ether oxygens (including phenoxy) is 3. The molecule has 0 aliphatic carbocycles. The third-order valence-electron chi connectivity index (χ3n) is 1.35. The van der Waals surface area contributed by atoms with Crippen LogP contribution in [-0.4, -0.2) is 56.6 Å². The normalized spacial score (nSPS) is 13.2. The molecule has 0 radical (unpaired) electrons. The van der Waals surface area contributed by atoms with E-state index in [1.165, 1.54) is 0 Å². The highest BCUT2D eigenvalue weighted by Gasteiger charge is 2.01. The number of hydrogen-bond acceptors (Lipinski definition) is 5. The second kappa shape index (κ2) is 9.88. The van der Waals surface area contributed by atoms with E-state index in [0.29, 0.717) is 26.4 Å². The Kier molecular flexibility index (Phi) is 9.73. The van der Waals surface area contributed by atoms with Crippen molar-refractivity contribution in [3.05, 3.63) is 0 Å². The molecule has 0 aromatic rings. The molecular formula is C8H18O5. The molecule has 0 fully saturated rings. The number of methoxy groups -OCH3 is 1. The van der Waals surface area contributed by atoms with Crippen LogP contribution in [0, 0.1) is 0 Å². The highest BCUT2D eigenvalue weighted by Crippen LogP contribution is 1.92. The molecule has 0 aromatic carbocycles. The fourth-order valence-corrected chi connectivity index (χ4v) is 0.681. The van der Waals surface area contributed by atoms with Crippen molar-refractivity contribution in [3.8, 4) is 0 Å². The van der Waals surface area contributed by atoms with Gasteiger partial charge in [0.05, 0.1) is 26.4 Å². The van der Waals surface area contributed by atoms with Crippen molar-refractivity contribution in [3.63, 3.8) is 0 Å². The van der Waals surface area contributed by atoms with E-state index in [9.17, 15) is 0 Å². The van der Waals surface area contributed by atoms with Gasteiger partial charge < -0.3 is 24.4 Å². The average molecular weight is 194 g/mol. The third kappa shape index (κ3) is 9.72. The maximum Gasteiger partial charge on any atom is 0.156 e. The van der Waals surface area contributed by atoms with Gasteiger partial charge in [0.15, 0.2) is 6.29 Å². The second-order valence-corrected chi connectivity index (χ2v) is 2.44. The first-order valence-electron chi connectivity index (χ1n) is 4.28. The lowest BCUT2D eigenvalue weighted by molar-refractivity contribution is -0.121. The van der Waals surface area contributed by atoms with Crippen LogP contribution in [0.1, 0.15) is 6.42 Å². The molecule has 0 spiro atoms. The molecule has 5 nitrogen and oxygen atoms in total. The van der Waals surface area contributed by atoms with Gasteiger partial charge in [-0.25, -0.2) is 0 Å². The van der Waals surface area contributed by atoms with Crippen molar-refractivity contribution in [2.45, 2.75) is 12.7 Å². The fourth-order valence-electron chi connectivity index (χ4n) is 0.681. The van der Waals surface area contributed by atoms with Crippen molar-refractivity contribution in [2.24, 2.45) is 0 Å². The summed E-state index contributed by atoms with van der Waals surface area (Å²) in [5.41, 5.74) is 0. The summed E-state index contributed by atoms with van der Waals surface area (Å²) in [6.45, 7) is 1.75. The number of rotatable bonds is 9. The van der Waals surface area contributed by atoms with Crippen LogP contribution < -0.4 is 0 Å². The van der Waals surface area contributed by atoms with E-state index >= 15 is 0 Å². The Bertz CT molecular complexity index is 98.5. The Morgan fingerprint density at radius 1 is 1.15 bits per heavy atom. The molecule has 0 heterocycles. The van der Waals surface area contributed by atoms with Gasteiger partial charge in [0.25, 0.3) is 0 Å². The lowest BCUT2D eigenvalue weighted by atomic mass is 10.4. The smallest absolute Gasteiger partial charge is 0.156 e. The maximum absolute atomic E-state index is 8.99. The molecule has 0 rings (SSSR count). The van der Waals surface area contributed by atoms with Gasteiger partial charge in [0.1, 0.15) is 0 Å². The van der Waals surface area contributed by atoms with Crippen LogP contribution in [0.2, 0.25) is 0 Å². The van der Waals surface area contributed by atoms with Crippen LogP contribution in [0.4, 0.5) is 0 Å². The molecular weight excluding hydrogens is 176 g/mol. The molecule has 1 unspecified atom stereocenters. The first-order chi connectivity index (χ1) is 6.31. The summed E-state index contributed by atoms with van der Waals surface area (Å²) in [7, 11) is 1.60. The zero-order valence-corrected chi connectivity index (χ0v) is 7.94. The molecule has 0 saturated carbocycles. The minimum absolute atomic E-state index is 0.0777. The molecule has 5 heteroatoms. The molecule has 0 aromatic heterocycles. The van der Waals surface area contributed by atoms with Gasteiger partial charge in [0.2, 0.25) is 0 Å². The molecule has 80 valence electrons.